The first-order valence-electron chi connectivity index (χ1n) is 20.0. The van der Waals surface area contributed by atoms with E-state index in [1.54, 1.807) is 0 Å². The van der Waals surface area contributed by atoms with Crippen molar-refractivity contribution < 1.29 is 13.2 Å². The standard InChI is InChI=1S/C47H52BF3N2/c1-5-9-13-33-17-23-38(24-18-33)52-42-27-21-35(15-11-7-3)29-40(42)48-41-30-36(16-12-8-4)22-28-43(41)53(39-25-19-34(20-26-39)14-10-6-2)45-32-37(47(49,50)51)31-44(52)46(45)48/h17-32H,5-16H2,1-4H3. The van der Waals surface area contributed by atoms with Gasteiger partial charge in [-0.1, -0.05) is 102 Å². The van der Waals surface area contributed by atoms with Crippen molar-refractivity contribution in [3.63, 3.8) is 0 Å². The van der Waals surface area contributed by atoms with Gasteiger partial charge in [0.1, 0.15) is 0 Å². The van der Waals surface area contributed by atoms with Gasteiger partial charge in [0.25, 0.3) is 6.71 Å². The van der Waals surface area contributed by atoms with Crippen LogP contribution in [0.1, 0.15) is 107 Å². The Kier molecular flexibility index (Phi) is 11.1. The van der Waals surface area contributed by atoms with Crippen LogP contribution in [-0.4, -0.2) is 6.71 Å². The van der Waals surface area contributed by atoms with Crippen molar-refractivity contribution in [2.24, 2.45) is 0 Å². The molecule has 2 nitrogen and oxygen atoms in total. The molecule has 2 aliphatic rings. The predicted molar refractivity (Wildman–Crippen MR) is 220 cm³/mol. The smallest absolute Gasteiger partial charge is 0.311 e. The third kappa shape index (κ3) is 7.39. The van der Waals surface area contributed by atoms with Crippen LogP contribution < -0.4 is 26.2 Å². The van der Waals surface area contributed by atoms with Crippen LogP contribution >= 0.6 is 0 Å². The highest BCUT2D eigenvalue weighted by Crippen LogP contribution is 2.47. The Balaban J connectivity index is 1.52. The summed E-state index contributed by atoms with van der Waals surface area (Å²) in [5, 5.41) is 0. The van der Waals surface area contributed by atoms with Crippen LogP contribution in [0.4, 0.5) is 47.3 Å². The zero-order valence-corrected chi connectivity index (χ0v) is 31.8. The molecule has 0 atom stereocenters. The Morgan fingerprint density at radius 2 is 0.811 bits per heavy atom. The maximum absolute atomic E-state index is 15.1. The summed E-state index contributed by atoms with van der Waals surface area (Å²) in [6.07, 6.45) is 8.17. The topological polar surface area (TPSA) is 6.48 Å². The molecular formula is C47H52BF3N2. The van der Waals surface area contributed by atoms with E-state index in [0.717, 1.165) is 116 Å². The first-order chi connectivity index (χ1) is 25.7. The molecule has 0 bridgehead atoms. The summed E-state index contributed by atoms with van der Waals surface area (Å²) in [7, 11) is 0. The molecule has 0 N–H and O–H groups in total. The van der Waals surface area contributed by atoms with E-state index in [9.17, 15) is 0 Å². The molecule has 53 heavy (non-hydrogen) atoms. The van der Waals surface area contributed by atoms with Crippen molar-refractivity contribution in [3.8, 4) is 0 Å². The number of fused-ring (bicyclic) bond motifs is 4. The summed E-state index contributed by atoms with van der Waals surface area (Å²) < 4.78 is 45.3. The molecule has 0 saturated carbocycles. The molecule has 0 radical (unpaired) electrons. The van der Waals surface area contributed by atoms with Crippen molar-refractivity contribution >= 4 is 57.2 Å². The van der Waals surface area contributed by atoms with Crippen LogP contribution in [0.2, 0.25) is 0 Å². The van der Waals surface area contributed by atoms with Crippen LogP contribution in [0.5, 0.6) is 0 Å². The summed E-state index contributed by atoms with van der Waals surface area (Å²) >= 11 is 0. The number of halogens is 3. The number of benzene rings is 5. The normalized spacial score (nSPS) is 13.2. The predicted octanol–water partition coefficient (Wildman–Crippen LogP) is 12.2. The molecule has 0 amide bonds. The largest absolute Gasteiger partial charge is 0.416 e. The van der Waals surface area contributed by atoms with E-state index >= 15 is 13.2 Å². The number of unbranched alkanes of at least 4 members (excludes halogenated alkanes) is 4. The summed E-state index contributed by atoms with van der Waals surface area (Å²) in [5.41, 5.74) is 12.5. The van der Waals surface area contributed by atoms with E-state index < -0.39 is 11.7 Å². The van der Waals surface area contributed by atoms with Gasteiger partial charge in [0.2, 0.25) is 0 Å². The lowest BCUT2D eigenvalue weighted by atomic mass is 9.33. The average Bonchev–Trinajstić information content (AvgIpc) is 3.17. The lowest BCUT2D eigenvalue weighted by Crippen LogP contribution is -2.61. The van der Waals surface area contributed by atoms with E-state index in [0.29, 0.717) is 11.4 Å². The third-order valence-corrected chi connectivity index (χ3v) is 11.2. The fourth-order valence-electron chi connectivity index (χ4n) is 8.28. The van der Waals surface area contributed by atoms with Gasteiger partial charge in [0.15, 0.2) is 0 Å². The summed E-state index contributed by atoms with van der Waals surface area (Å²) in [6.45, 7) is 8.60. The summed E-state index contributed by atoms with van der Waals surface area (Å²) in [4.78, 5) is 4.20. The van der Waals surface area contributed by atoms with Crippen LogP contribution in [0.25, 0.3) is 0 Å². The van der Waals surface area contributed by atoms with Crippen molar-refractivity contribution in [2.45, 2.75) is 111 Å². The Morgan fingerprint density at radius 3 is 1.17 bits per heavy atom. The Morgan fingerprint density at radius 1 is 0.453 bits per heavy atom. The fraction of sp³-hybridized carbons (Fsp3) is 0.362. The van der Waals surface area contributed by atoms with E-state index in [1.807, 2.05) is 0 Å². The van der Waals surface area contributed by atoms with Crippen LogP contribution in [0, 0.1) is 0 Å². The molecule has 0 aliphatic carbocycles. The second-order valence-corrected chi connectivity index (χ2v) is 15.1. The SMILES string of the molecule is CCCCc1ccc(N2c3ccc(CCCC)cc3B3c4cc(CCCC)ccc4N(c4ccc(CCCC)cc4)c4cc(C(F)(F)F)cc2c43)cc1. The maximum Gasteiger partial charge on any atom is 0.416 e. The van der Waals surface area contributed by atoms with Gasteiger partial charge in [-0.05, 0) is 139 Å². The van der Waals surface area contributed by atoms with E-state index in [1.165, 1.54) is 34.4 Å². The van der Waals surface area contributed by atoms with Crippen LogP contribution in [0.3, 0.4) is 0 Å². The number of rotatable bonds is 14. The fourth-order valence-corrected chi connectivity index (χ4v) is 8.28. The molecule has 0 spiro atoms. The molecule has 6 heteroatoms. The van der Waals surface area contributed by atoms with Crippen LogP contribution in [0.15, 0.2) is 97.1 Å². The number of hydrogen-bond donors (Lipinski definition) is 0. The molecule has 0 aromatic heterocycles. The minimum absolute atomic E-state index is 0.212. The summed E-state index contributed by atoms with van der Waals surface area (Å²) in [5.74, 6) is 0. The maximum atomic E-state index is 15.1. The molecule has 5 aromatic rings. The van der Waals surface area contributed by atoms with Crippen LogP contribution in [-0.2, 0) is 31.9 Å². The Labute approximate surface area is 315 Å². The van der Waals surface area contributed by atoms with Gasteiger partial charge in [0.05, 0.1) is 5.56 Å². The molecule has 0 fully saturated rings. The first-order valence-corrected chi connectivity index (χ1v) is 20.0. The van der Waals surface area contributed by atoms with Gasteiger partial charge in [-0.2, -0.15) is 13.2 Å². The van der Waals surface area contributed by atoms with Gasteiger partial charge < -0.3 is 9.80 Å². The first kappa shape index (κ1) is 36.9. The van der Waals surface area contributed by atoms with Gasteiger partial charge in [-0.3, -0.25) is 0 Å². The molecule has 0 unspecified atom stereocenters. The van der Waals surface area contributed by atoms with Gasteiger partial charge in [0, 0.05) is 34.1 Å². The minimum Gasteiger partial charge on any atom is -0.311 e. The van der Waals surface area contributed by atoms with Crippen molar-refractivity contribution in [3.05, 3.63) is 125 Å². The highest BCUT2D eigenvalue weighted by atomic mass is 19.4. The Hall–Kier alpha value is -4.45. The number of nitrogens with zero attached hydrogens (tertiary/aromatic N) is 2. The van der Waals surface area contributed by atoms with Crippen molar-refractivity contribution in [1.82, 2.24) is 0 Å². The molecule has 0 saturated heterocycles. The second-order valence-electron chi connectivity index (χ2n) is 15.1. The number of hydrogen-bond acceptors (Lipinski definition) is 2. The lowest BCUT2D eigenvalue weighted by molar-refractivity contribution is -0.137. The molecular weight excluding hydrogens is 660 g/mol. The number of alkyl halides is 3. The highest BCUT2D eigenvalue weighted by molar-refractivity contribution is 7.00. The quantitative estimate of drug-likeness (QED) is 0.104. The van der Waals surface area contributed by atoms with Crippen molar-refractivity contribution in [2.75, 3.05) is 9.80 Å². The second kappa shape index (κ2) is 15.9. The average molecular weight is 713 g/mol. The zero-order valence-electron chi connectivity index (χ0n) is 31.8. The lowest BCUT2D eigenvalue weighted by Gasteiger charge is -2.44. The molecule has 7 rings (SSSR count). The zero-order chi connectivity index (χ0) is 37.1. The van der Waals surface area contributed by atoms with Gasteiger partial charge in [-0.25, -0.2) is 0 Å². The highest BCUT2D eigenvalue weighted by Gasteiger charge is 2.45. The third-order valence-electron chi connectivity index (χ3n) is 11.2. The molecule has 5 aromatic carbocycles. The molecule has 274 valence electrons. The molecule has 2 aliphatic heterocycles. The van der Waals surface area contributed by atoms with Gasteiger partial charge >= 0.3 is 6.18 Å². The Bertz CT molecular complexity index is 1900. The van der Waals surface area contributed by atoms with Crippen molar-refractivity contribution in [1.29, 1.82) is 0 Å². The van der Waals surface area contributed by atoms with E-state index in [-0.39, 0.29) is 6.71 Å². The minimum atomic E-state index is -4.53. The number of anilines is 6. The van der Waals surface area contributed by atoms with Gasteiger partial charge in [-0.15, -0.1) is 0 Å². The summed E-state index contributed by atoms with van der Waals surface area (Å²) in [6, 6.07) is 33.2. The molecule has 2 heterocycles. The monoisotopic (exact) mass is 712 g/mol. The number of aryl methyl sites for hydroxylation is 4. The van der Waals surface area contributed by atoms with E-state index in [4.69, 9.17) is 0 Å². The van der Waals surface area contributed by atoms with E-state index in [2.05, 4.69) is 122 Å².